The normalized spacial score (nSPS) is 22.2. The number of aliphatic hydroxyl groups excluding tert-OH is 1. The maximum absolute atomic E-state index is 11.9. The Labute approximate surface area is 87.4 Å². The Balaban J connectivity index is 2.26. The molecule has 1 rings (SSSR count). The van der Waals surface area contributed by atoms with Crippen LogP contribution in [0.4, 0.5) is 13.2 Å². The molecule has 0 aromatic heterocycles. The highest BCUT2D eigenvalue weighted by Crippen LogP contribution is 2.40. The summed E-state index contributed by atoms with van der Waals surface area (Å²) in [7, 11) is 1.51. The third-order valence-corrected chi connectivity index (χ3v) is 3.15. The number of hydrogen-bond acceptors (Lipinski definition) is 2. The highest BCUT2D eigenvalue weighted by molar-refractivity contribution is 4.95. The lowest BCUT2D eigenvalue weighted by atomic mass is 9.74. The molecule has 0 radical (unpaired) electrons. The van der Waals surface area contributed by atoms with E-state index >= 15 is 0 Å². The van der Waals surface area contributed by atoms with E-state index in [0.717, 1.165) is 19.3 Å². The van der Waals surface area contributed by atoms with Crippen LogP contribution in [0.3, 0.4) is 0 Å². The van der Waals surface area contributed by atoms with Crippen molar-refractivity contribution in [2.24, 2.45) is 0 Å². The summed E-state index contributed by atoms with van der Waals surface area (Å²) in [6, 6.07) is 0. The second-order valence-corrected chi connectivity index (χ2v) is 4.15. The third-order valence-electron chi connectivity index (χ3n) is 3.15. The lowest BCUT2D eigenvalue weighted by Crippen LogP contribution is -2.49. The van der Waals surface area contributed by atoms with Crippen molar-refractivity contribution >= 4 is 0 Å². The van der Waals surface area contributed by atoms with E-state index in [2.05, 4.69) is 0 Å². The van der Waals surface area contributed by atoms with Crippen molar-refractivity contribution < 1.29 is 23.0 Å². The molecule has 0 aromatic rings. The predicted molar refractivity (Wildman–Crippen MR) is 49.5 cm³/mol. The molecule has 1 fully saturated rings. The Hall–Kier alpha value is -0.290. The summed E-state index contributed by atoms with van der Waals surface area (Å²) in [4.78, 5) is 0. The molecular formula is C10H17F3O2. The van der Waals surface area contributed by atoms with Gasteiger partial charge in [-0.15, -0.1) is 0 Å². The van der Waals surface area contributed by atoms with Crippen LogP contribution in [0.1, 0.15) is 38.5 Å². The van der Waals surface area contributed by atoms with Gasteiger partial charge in [-0.05, 0) is 32.1 Å². The van der Waals surface area contributed by atoms with Gasteiger partial charge >= 0.3 is 6.18 Å². The molecule has 1 N–H and O–H groups in total. The van der Waals surface area contributed by atoms with Gasteiger partial charge in [-0.3, -0.25) is 0 Å². The minimum Gasteiger partial charge on any atom is -0.390 e. The average Bonchev–Trinajstić information content (AvgIpc) is 2.00. The molecule has 2 nitrogen and oxygen atoms in total. The quantitative estimate of drug-likeness (QED) is 0.780. The van der Waals surface area contributed by atoms with E-state index < -0.39 is 24.3 Å². The smallest absolute Gasteiger partial charge is 0.389 e. The summed E-state index contributed by atoms with van der Waals surface area (Å²) in [5, 5.41) is 9.72. The Morgan fingerprint density at radius 1 is 1.40 bits per heavy atom. The molecule has 0 bridgehead atoms. The van der Waals surface area contributed by atoms with Gasteiger partial charge in [0.25, 0.3) is 0 Å². The topological polar surface area (TPSA) is 29.5 Å². The van der Waals surface area contributed by atoms with E-state index in [1.807, 2.05) is 0 Å². The molecule has 0 saturated heterocycles. The van der Waals surface area contributed by atoms with E-state index in [-0.39, 0.29) is 12.8 Å². The Morgan fingerprint density at radius 3 is 2.33 bits per heavy atom. The molecule has 1 aliphatic rings. The van der Waals surface area contributed by atoms with Gasteiger partial charge in [0.1, 0.15) is 0 Å². The molecule has 1 unspecified atom stereocenters. The number of methoxy groups -OCH3 is 1. The summed E-state index contributed by atoms with van der Waals surface area (Å²) < 4.78 is 40.8. The molecule has 0 aromatic carbocycles. The van der Waals surface area contributed by atoms with Crippen LogP contribution < -0.4 is 0 Å². The monoisotopic (exact) mass is 226 g/mol. The van der Waals surface area contributed by atoms with Crippen LogP contribution in [0.2, 0.25) is 0 Å². The highest BCUT2D eigenvalue weighted by atomic mass is 19.4. The first-order chi connectivity index (χ1) is 6.90. The molecule has 1 atom stereocenters. The second-order valence-electron chi connectivity index (χ2n) is 4.15. The average molecular weight is 226 g/mol. The molecular weight excluding hydrogens is 209 g/mol. The lowest BCUT2D eigenvalue weighted by molar-refractivity contribution is -0.159. The third kappa shape index (κ3) is 3.34. The van der Waals surface area contributed by atoms with E-state index in [0.29, 0.717) is 0 Å². The maximum atomic E-state index is 11.9. The van der Waals surface area contributed by atoms with Crippen molar-refractivity contribution in [3.63, 3.8) is 0 Å². The molecule has 0 spiro atoms. The minimum absolute atomic E-state index is 0.0320. The van der Waals surface area contributed by atoms with Gasteiger partial charge in [-0.2, -0.15) is 13.2 Å². The van der Waals surface area contributed by atoms with E-state index in [4.69, 9.17) is 4.74 Å². The van der Waals surface area contributed by atoms with Gasteiger partial charge in [-0.1, -0.05) is 0 Å². The number of rotatable bonds is 5. The molecule has 1 aliphatic carbocycles. The van der Waals surface area contributed by atoms with E-state index in [1.54, 1.807) is 0 Å². The number of halogens is 3. The fourth-order valence-electron chi connectivity index (χ4n) is 1.96. The summed E-state index contributed by atoms with van der Waals surface area (Å²) >= 11 is 0. The van der Waals surface area contributed by atoms with Crippen molar-refractivity contribution in [1.82, 2.24) is 0 Å². The summed E-state index contributed by atoms with van der Waals surface area (Å²) in [5.74, 6) is 0. The Morgan fingerprint density at radius 2 is 2.00 bits per heavy atom. The zero-order valence-electron chi connectivity index (χ0n) is 8.81. The Kier molecular flexibility index (Phi) is 4.00. The first-order valence-electron chi connectivity index (χ1n) is 5.20. The lowest BCUT2D eigenvalue weighted by Gasteiger charge is -2.44. The molecule has 0 heterocycles. The first kappa shape index (κ1) is 12.8. The van der Waals surface area contributed by atoms with E-state index in [9.17, 15) is 18.3 Å². The highest BCUT2D eigenvalue weighted by Gasteiger charge is 2.43. The van der Waals surface area contributed by atoms with Gasteiger partial charge in [0.15, 0.2) is 0 Å². The minimum atomic E-state index is -4.13. The van der Waals surface area contributed by atoms with Gasteiger partial charge in [0.05, 0.1) is 11.7 Å². The van der Waals surface area contributed by atoms with Gasteiger partial charge in [-0.25, -0.2) is 0 Å². The van der Waals surface area contributed by atoms with Crippen molar-refractivity contribution in [3.05, 3.63) is 0 Å². The molecule has 15 heavy (non-hydrogen) atoms. The largest absolute Gasteiger partial charge is 0.390 e. The molecule has 90 valence electrons. The van der Waals surface area contributed by atoms with Crippen LogP contribution in [0.25, 0.3) is 0 Å². The fraction of sp³-hybridized carbons (Fsp3) is 1.00. The molecule has 0 amide bonds. The Bertz CT molecular complexity index is 194. The molecule has 1 saturated carbocycles. The predicted octanol–water partition coefficient (Wildman–Crippen LogP) is 2.65. The zero-order chi connectivity index (χ0) is 11.5. The first-order valence-corrected chi connectivity index (χ1v) is 5.20. The van der Waals surface area contributed by atoms with Crippen molar-refractivity contribution in [3.8, 4) is 0 Å². The van der Waals surface area contributed by atoms with Crippen LogP contribution in [-0.4, -0.2) is 30.1 Å². The standard InChI is InChI=1S/C10H17F3O2/c1-15-9(5-3-6-9)8(14)4-2-7-10(11,12)13/h8,14H,2-7H2,1H3. The summed E-state index contributed by atoms with van der Waals surface area (Å²) in [5.41, 5.74) is -0.564. The maximum Gasteiger partial charge on any atom is 0.389 e. The summed E-state index contributed by atoms with van der Waals surface area (Å²) in [6.07, 6.45) is -3.12. The number of hydrogen-bond donors (Lipinski definition) is 1. The number of aliphatic hydroxyl groups is 1. The molecule has 0 aliphatic heterocycles. The number of alkyl halides is 3. The van der Waals surface area contributed by atoms with E-state index in [1.165, 1.54) is 7.11 Å². The van der Waals surface area contributed by atoms with Crippen molar-refractivity contribution in [2.45, 2.75) is 56.4 Å². The van der Waals surface area contributed by atoms with Gasteiger partial charge < -0.3 is 9.84 Å². The fourth-order valence-corrected chi connectivity index (χ4v) is 1.96. The summed E-state index contributed by atoms with van der Waals surface area (Å²) in [6.45, 7) is 0. The van der Waals surface area contributed by atoms with Gasteiger partial charge in [0, 0.05) is 13.5 Å². The van der Waals surface area contributed by atoms with Crippen LogP contribution in [0.5, 0.6) is 0 Å². The van der Waals surface area contributed by atoms with Crippen molar-refractivity contribution in [2.75, 3.05) is 7.11 Å². The van der Waals surface area contributed by atoms with Crippen LogP contribution >= 0.6 is 0 Å². The zero-order valence-corrected chi connectivity index (χ0v) is 8.81. The SMILES string of the molecule is COC1(C(O)CCCC(F)(F)F)CCC1. The molecule has 5 heteroatoms. The van der Waals surface area contributed by atoms with Crippen LogP contribution in [0, 0.1) is 0 Å². The number of ether oxygens (including phenoxy) is 1. The van der Waals surface area contributed by atoms with Crippen molar-refractivity contribution in [1.29, 1.82) is 0 Å². The van der Waals surface area contributed by atoms with Crippen LogP contribution in [-0.2, 0) is 4.74 Å². The second kappa shape index (κ2) is 4.70. The van der Waals surface area contributed by atoms with Crippen LogP contribution in [0.15, 0.2) is 0 Å². The van der Waals surface area contributed by atoms with Gasteiger partial charge in [0.2, 0.25) is 0 Å².